The topological polar surface area (TPSA) is 271 Å². The van der Waals surface area contributed by atoms with Crippen LogP contribution in [0.1, 0.15) is 84.7 Å². The van der Waals surface area contributed by atoms with Gasteiger partial charge >= 0.3 is 5.97 Å². The number of hydrogen-bond acceptors (Lipinski definition) is 24. The summed E-state index contributed by atoms with van der Waals surface area (Å²) < 4.78 is 143. The Morgan fingerprint density at radius 1 is 0.333 bits per heavy atom. The van der Waals surface area contributed by atoms with Crippen LogP contribution in [-0.4, -0.2) is 196 Å². The van der Waals surface area contributed by atoms with E-state index < -0.39 is 172 Å². The zero-order valence-electron chi connectivity index (χ0n) is 71.8. The first-order chi connectivity index (χ1) is 61.7. The molecule has 5 saturated heterocycles. The van der Waals surface area contributed by atoms with Crippen LogP contribution in [0.4, 0.5) is 0 Å². The molecule has 9 aromatic carbocycles. The number of aliphatic hydroxyl groups excluding tert-OH is 2. The van der Waals surface area contributed by atoms with Gasteiger partial charge in [-0.05, 0) is 70.8 Å². The number of carbonyl (C=O) groups is 2. The average Bonchev–Trinajstić information content (AvgIpc) is 0.754. The molecule has 9 aromatic rings. The van der Waals surface area contributed by atoms with E-state index in [2.05, 4.69) is 11.9 Å². The first kappa shape index (κ1) is 93.0. The molecule has 5 fully saturated rings. The van der Waals surface area contributed by atoms with E-state index in [9.17, 15) is 19.8 Å². The van der Waals surface area contributed by atoms with Gasteiger partial charge in [-0.1, -0.05) is 279 Å². The minimum atomic E-state index is -1.81. The minimum absolute atomic E-state index is 0.000192. The fourth-order valence-electron chi connectivity index (χ4n) is 16.6. The van der Waals surface area contributed by atoms with Crippen LogP contribution in [-0.2, 0) is 164 Å². The molecule has 5 aliphatic heterocycles. The Labute approximate surface area is 737 Å². The van der Waals surface area contributed by atoms with Crippen molar-refractivity contribution in [3.05, 3.63) is 336 Å². The summed E-state index contributed by atoms with van der Waals surface area (Å²) in [6.07, 6.45) is -27.7. The largest absolute Gasteiger partial charge is 0.454 e. The standard InChI is InChI=1S/C101H117NO24/c1-7-53-109-98-88(80(64-107-55-71-35-17-8-18-36-71)85(66(2)117-98)110-57-73-39-21-10-22-40-73)123-101-96(126-97-83(102-69(5)104)90(84(106)81(54-103)121-97)124-100-95(120-70(6)105)91(114-61-77-47-29-14-30-48-77)86(67(3)118-100)111-58-74-41-23-11-24-42-74)93(87(68(4)119-101)112-59-75-43-25-12-26-44-75)125-99-94(116-63-79-51-33-16-34-52-79)92(115-62-78-49-31-15-32-50-78)89(113-60-76-45-27-13-28-46-76)82(122-99)65-108-56-72-37-19-9-20-38-72/h7-52,66-68,80-101,103,106H,1,53-65H2,2-6H3,(H,102,104)/t66-,67-,68-,80+,81+,82-,83+,84+,85-,86-,87-,88+,89-,90+,91+,92+,93+,94+,95+,96+,97-,98+,99-,100-,101-/m0/s1. The van der Waals surface area contributed by atoms with Crippen LogP contribution in [0.3, 0.4) is 0 Å². The molecular formula is C101H117NO24. The number of nitrogens with one attached hydrogen (secondary N) is 1. The first-order valence-electron chi connectivity index (χ1n) is 43.4. The number of rotatable bonds is 43. The molecule has 126 heavy (non-hydrogen) atoms. The van der Waals surface area contributed by atoms with Crippen LogP contribution in [0.5, 0.6) is 0 Å². The number of carbonyl (C=O) groups excluding carboxylic acids is 2. The minimum Gasteiger partial charge on any atom is -0.454 e. The quantitative estimate of drug-likeness (QED) is 0.0237. The van der Waals surface area contributed by atoms with E-state index in [0.717, 1.165) is 50.1 Å². The van der Waals surface area contributed by atoms with Gasteiger partial charge in [0.2, 0.25) is 5.91 Å². The predicted octanol–water partition coefficient (Wildman–Crippen LogP) is 13.4. The van der Waals surface area contributed by atoms with Crippen LogP contribution >= 0.6 is 0 Å². The van der Waals surface area contributed by atoms with Gasteiger partial charge in [-0.15, -0.1) is 6.58 Å². The third-order valence-corrected chi connectivity index (χ3v) is 22.9. The number of amides is 1. The molecule has 14 rings (SSSR count). The molecule has 5 aliphatic rings. The van der Waals surface area contributed by atoms with Gasteiger partial charge in [0.25, 0.3) is 0 Å². The molecule has 0 spiro atoms. The van der Waals surface area contributed by atoms with Crippen LogP contribution in [0.2, 0.25) is 0 Å². The summed E-state index contributed by atoms with van der Waals surface area (Å²) in [4.78, 5) is 28.2. The van der Waals surface area contributed by atoms with Gasteiger partial charge in [0.05, 0.1) is 110 Å². The van der Waals surface area contributed by atoms with Crippen molar-refractivity contribution in [1.29, 1.82) is 0 Å². The molecule has 5 heterocycles. The average molecular weight is 1730 g/mol. The molecule has 25 atom stereocenters. The van der Waals surface area contributed by atoms with Crippen molar-refractivity contribution in [3.8, 4) is 0 Å². The molecule has 0 unspecified atom stereocenters. The Balaban J connectivity index is 0.918. The van der Waals surface area contributed by atoms with E-state index in [4.69, 9.17) is 94.7 Å². The van der Waals surface area contributed by atoms with Gasteiger partial charge in [-0.2, -0.15) is 0 Å². The highest BCUT2D eigenvalue weighted by atomic mass is 16.8. The zero-order valence-corrected chi connectivity index (χ0v) is 71.8. The Morgan fingerprint density at radius 3 is 1.06 bits per heavy atom. The Hall–Kier alpha value is -9.18. The maximum absolute atomic E-state index is 14.5. The molecule has 25 heteroatoms. The molecule has 25 nitrogen and oxygen atoms in total. The van der Waals surface area contributed by atoms with Crippen molar-refractivity contribution >= 4 is 11.9 Å². The van der Waals surface area contributed by atoms with Crippen molar-refractivity contribution in [1.82, 2.24) is 5.32 Å². The van der Waals surface area contributed by atoms with Crippen LogP contribution < -0.4 is 5.32 Å². The summed E-state index contributed by atoms with van der Waals surface area (Å²) in [5, 5.41) is 27.8. The SMILES string of the molecule is C=CCO[C@@H]1O[C@@H](C)[C@H](OCc2ccccc2)[C@@H](COCc2ccccc2)[C@H]1O[C@@H]1O[C@@H](C)[C@H](OCc2ccccc2)[C@@H](O[C@@H]2O[C@@H](COCc3ccccc3)[C@H](OCc3ccccc3)[C@@H](OCc3ccccc3)[C@H]2OCc2ccccc2)[C@H]1O[C@@H]1O[C@H](CO)[C@@H](O)[C@H](O[C@@H]2O[C@@H](C)[C@H](OCc3ccccc3)[C@@H](OCc3ccccc3)[C@H]2OC(C)=O)[C@H]1NC(C)=O. The zero-order chi connectivity index (χ0) is 87.4. The maximum Gasteiger partial charge on any atom is 0.303 e. The van der Waals surface area contributed by atoms with E-state index in [0.29, 0.717) is 0 Å². The predicted molar refractivity (Wildman–Crippen MR) is 463 cm³/mol. The van der Waals surface area contributed by atoms with E-state index in [1.165, 1.54) is 13.8 Å². The van der Waals surface area contributed by atoms with Crippen molar-refractivity contribution in [2.45, 2.75) is 241 Å². The van der Waals surface area contributed by atoms with Crippen LogP contribution in [0.25, 0.3) is 0 Å². The highest BCUT2D eigenvalue weighted by Gasteiger charge is 2.60. The lowest BCUT2D eigenvalue weighted by Gasteiger charge is -2.53. The lowest BCUT2D eigenvalue weighted by atomic mass is 9.89. The van der Waals surface area contributed by atoms with Gasteiger partial charge in [0.1, 0.15) is 85.4 Å². The summed E-state index contributed by atoms with van der Waals surface area (Å²) in [6, 6.07) is 85.7. The molecule has 0 aromatic heterocycles. The summed E-state index contributed by atoms with van der Waals surface area (Å²) >= 11 is 0. The van der Waals surface area contributed by atoms with Crippen molar-refractivity contribution in [3.63, 3.8) is 0 Å². The number of ether oxygens (including phenoxy) is 20. The molecule has 1 amide bonds. The van der Waals surface area contributed by atoms with E-state index in [-0.39, 0.29) is 79.3 Å². The van der Waals surface area contributed by atoms with Crippen molar-refractivity contribution < 1.29 is 115 Å². The Morgan fingerprint density at radius 2 is 0.651 bits per heavy atom. The molecule has 0 radical (unpaired) electrons. The van der Waals surface area contributed by atoms with Gasteiger partial charge in [0.15, 0.2) is 37.6 Å². The second-order valence-electron chi connectivity index (χ2n) is 32.2. The fraction of sp³-hybridized carbons (Fsp3) is 0.426. The highest BCUT2D eigenvalue weighted by Crippen LogP contribution is 2.43. The summed E-state index contributed by atoms with van der Waals surface area (Å²) in [7, 11) is 0. The van der Waals surface area contributed by atoms with Crippen molar-refractivity contribution in [2.75, 3.05) is 26.4 Å². The lowest BCUT2D eigenvalue weighted by Crippen LogP contribution is -2.71. The third-order valence-electron chi connectivity index (χ3n) is 22.9. The first-order valence-corrected chi connectivity index (χ1v) is 43.4. The molecule has 670 valence electrons. The fourth-order valence-corrected chi connectivity index (χ4v) is 16.6. The Kier molecular flexibility index (Phi) is 35.2. The molecule has 3 N–H and O–H groups in total. The second kappa shape index (κ2) is 47.8. The summed E-state index contributed by atoms with van der Waals surface area (Å²) in [5.74, 6) is -2.11. The van der Waals surface area contributed by atoms with E-state index in [1.807, 2.05) is 287 Å². The van der Waals surface area contributed by atoms with E-state index >= 15 is 0 Å². The Bertz CT molecular complexity index is 4630. The van der Waals surface area contributed by atoms with Crippen LogP contribution in [0, 0.1) is 5.92 Å². The highest BCUT2D eigenvalue weighted by molar-refractivity contribution is 5.73. The monoisotopic (exact) mass is 1730 g/mol. The van der Waals surface area contributed by atoms with Crippen LogP contribution in [0.15, 0.2) is 286 Å². The third kappa shape index (κ3) is 25.9. The summed E-state index contributed by atoms with van der Waals surface area (Å²) in [6.45, 7) is 12.1. The number of aliphatic hydroxyl groups is 2. The summed E-state index contributed by atoms with van der Waals surface area (Å²) in [5.41, 5.74) is 7.69. The molecule has 0 saturated carbocycles. The van der Waals surface area contributed by atoms with Crippen molar-refractivity contribution in [2.24, 2.45) is 5.92 Å². The van der Waals surface area contributed by atoms with E-state index in [1.54, 1.807) is 13.0 Å². The maximum atomic E-state index is 14.5. The number of benzene rings is 9. The molecule has 0 aliphatic carbocycles. The van der Waals surface area contributed by atoms with Gasteiger partial charge in [-0.3, -0.25) is 9.59 Å². The number of hydrogen-bond donors (Lipinski definition) is 3. The normalized spacial score (nSPS) is 29.8. The molecular weight excluding hydrogens is 1610 g/mol. The van der Waals surface area contributed by atoms with Gasteiger partial charge < -0.3 is 110 Å². The second-order valence-corrected chi connectivity index (χ2v) is 32.2. The van der Waals surface area contributed by atoms with Gasteiger partial charge in [0, 0.05) is 19.8 Å². The smallest absolute Gasteiger partial charge is 0.303 e. The van der Waals surface area contributed by atoms with Gasteiger partial charge in [-0.25, -0.2) is 0 Å². The lowest BCUT2D eigenvalue weighted by molar-refractivity contribution is -0.409. The molecule has 0 bridgehead atoms. The number of esters is 1.